The van der Waals surface area contributed by atoms with E-state index >= 15 is 0 Å². The van der Waals surface area contributed by atoms with Crippen molar-refractivity contribution >= 4 is 28.6 Å². The number of carbonyl (C=O) groups is 1. The monoisotopic (exact) mass is 361 g/mol. The maximum absolute atomic E-state index is 11.2. The molecule has 0 atom stereocenters. The second kappa shape index (κ2) is 6.08. The minimum Gasteiger partial charge on any atom is -0.477 e. The highest BCUT2D eigenvalue weighted by Gasteiger charge is 2.22. The minimum absolute atomic E-state index is 0.428. The third-order valence-corrected chi connectivity index (χ3v) is 4.67. The molecule has 1 aromatic heterocycles. The molecule has 4 heteroatoms. The fourth-order valence-corrected chi connectivity index (χ4v) is 3.54. The van der Waals surface area contributed by atoms with Gasteiger partial charge in [0.1, 0.15) is 5.69 Å². The average Bonchev–Trinajstić information content (AvgIpc) is 2.71. The van der Waals surface area contributed by atoms with Gasteiger partial charge >= 0.3 is 5.97 Å². The quantitative estimate of drug-likeness (QED) is 0.824. The van der Waals surface area contributed by atoms with Gasteiger partial charge in [-0.2, -0.15) is 0 Å². The molecule has 1 heterocycles. The van der Waals surface area contributed by atoms with Crippen molar-refractivity contribution in [2.24, 2.45) is 11.8 Å². The van der Waals surface area contributed by atoms with E-state index in [1.807, 2.05) is 10.8 Å². The summed E-state index contributed by atoms with van der Waals surface area (Å²) < 4.78 is 2.92. The first-order valence-electron chi connectivity index (χ1n) is 6.69. The van der Waals surface area contributed by atoms with E-state index in [0.29, 0.717) is 11.6 Å². The lowest BCUT2D eigenvalue weighted by atomic mass is 9.81. The molecule has 2 rings (SSSR count). The van der Waals surface area contributed by atoms with Crippen molar-refractivity contribution in [3.05, 3.63) is 21.5 Å². The zero-order valence-corrected chi connectivity index (χ0v) is 12.9. The van der Waals surface area contributed by atoms with Crippen LogP contribution in [-0.2, 0) is 6.54 Å². The lowest BCUT2D eigenvalue weighted by Gasteiger charge is -2.28. The van der Waals surface area contributed by atoms with E-state index < -0.39 is 5.97 Å². The fourth-order valence-electron chi connectivity index (χ4n) is 2.91. The first-order valence-corrected chi connectivity index (χ1v) is 7.77. The van der Waals surface area contributed by atoms with Crippen molar-refractivity contribution in [3.63, 3.8) is 0 Å². The van der Waals surface area contributed by atoms with Crippen LogP contribution in [0.1, 0.15) is 49.5 Å². The number of rotatable bonds is 4. The molecule has 1 saturated carbocycles. The summed E-state index contributed by atoms with van der Waals surface area (Å²) in [6, 6.07) is 1.75. The second-order valence-corrected chi connectivity index (χ2v) is 6.54. The lowest BCUT2D eigenvalue weighted by molar-refractivity contribution is 0.0683. The van der Waals surface area contributed by atoms with Gasteiger partial charge in [0.15, 0.2) is 0 Å². The topological polar surface area (TPSA) is 42.2 Å². The molecule has 0 unspecified atom stereocenters. The van der Waals surface area contributed by atoms with Crippen LogP contribution in [0.2, 0.25) is 0 Å². The van der Waals surface area contributed by atoms with E-state index in [0.717, 1.165) is 16.0 Å². The lowest BCUT2D eigenvalue weighted by Crippen LogP contribution is -2.20. The van der Waals surface area contributed by atoms with Crippen LogP contribution in [0.3, 0.4) is 0 Å². The van der Waals surface area contributed by atoms with Crippen LogP contribution in [0.25, 0.3) is 0 Å². The first kappa shape index (κ1) is 13.9. The Bertz CT molecular complexity index is 419. The highest BCUT2D eigenvalue weighted by Crippen LogP contribution is 2.32. The summed E-state index contributed by atoms with van der Waals surface area (Å²) in [5.74, 6) is 0.722. The SMILES string of the molecule is CCC1CCC(Cn2cc(I)cc2C(=O)O)CC1. The number of halogens is 1. The Kier molecular flexibility index (Phi) is 4.70. The Hall–Kier alpha value is -0.520. The molecular formula is C14H20INO2. The van der Waals surface area contributed by atoms with E-state index in [2.05, 4.69) is 29.5 Å². The third kappa shape index (κ3) is 3.28. The van der Waals surface area contributed by atoms with Gasteiger partial charge in [0, 0.05) is 16.3 Å². The molecule has 0 aromatic carbocycles. The van der Waals surface area contributed by atoms with Crippen molar-refractivity contribution in [3.8, 4) is 0 Å². The Labute approximate surface area is 122 Å². The zero-order chi connectivity index (χ0) is 13.1. The van der Waals surface area contributed by atoms with Crippen molar-refractivity contribution < 1.29 is 9.90 Å². The highest BCUT2D eigenvalue weighted by molar-refractivity contribution is 14.1. The number of hydrogen-bond donors (Lipinski definition) is 1. The molecule has 1 fully saturated rings. The Morgan fingerprint density at radius 3 is 2.56 bits per heavy atom. The first-order chi connectivity index (χ1) is 8.60. The summed E-state index contributed by atoms with van der Waals surface area (Å²) in [4.78, 5) is 11.2. The van der Waals surface area contributed by atoms with Crippen molar-refractivity contribution in [2.75, 3.05) is 0 Å². The molecule has 18 heavy (non-hydrogen) atoms. The zero-order valence-electron chi connectivity index (χ0n) is 10.7. The smallest absolute Gasteiger partial charge is 0.352 e. The van der Waals surface area contributed by atoms with E-state index in [-0.39, 0.29) is 0 Å². The summed E-state index contributed by atoms with van der Waals surface area (Å²) in [7, 11) is 0. The van der Waals surface area contributed by atoms with Crippen molar-refractivity contribution in [1.82, 2.24) is 4.57 Å². The van der Waals surface area contributed by atoms with Gasteiger partial charge in [-0.25, -0.2) is 4.79 Å². The van der Waals surface area contributed by atoms with Gasteiger partial charge in [-0.15, -0.1) is 0 Å². The number of aromatic nitrogens is 1. The number of carboxylic acids is 1. The molecule has 3 nitrogen and oxygen atoms in total. The summed E-state index contributed by atoms with van der Waals surface area (Å²) in [5.41, 5.74) is 0.428. The fraction of sp³-hybridized carbons (Fsp3) is 0.643. The highest BCUT2D eigenvalue weighted by atomic mass is 127. The predicted molar refractivity (Wildman–Crippen MR) is 79.8 cm³/mol. The van der Waals surface area contributed by atoms with Crippen molar-refractivity contribution in [1.29, 1.82) is 0 Å². The Morgan fingerprint density at radius 2 is 2.00 bits per heavy atom. The van der Waals surface area contributed by atoms with E-state index in [9.17, 15) is 4.79 Å². The normalized spacial score (nSPS) is 24.1. The maximum atomic E-state index is 11.2. The van der Waals surface area contributed by atoms with Gasteiger partial charge in [-0.1, -0.05) is 26.2 Å². The van der Waals surface area contributed by atoms with Gasteiger partial charge in [-0.3, -0.25) is 0 Å². The largest absolute Gasteiger partial charge is 0.477 e. The molecule has 0 amide bonds. The number of nitrogens with zero attached hydrogens (tertiary/aromatic N) is 1. The van der Waals surface area contributed by atoms with Crippen LogP contribution in [0, 0.1) is 15.4 Å². The van der Waals surface area contributed by atoms with Gasteiger partial charge in [0.05, 0.1) is 0 Å². The summed E-state index contributed by atoms with van der Waals surface area (Å²) >= 11 is 2.18. The number of hydrogen-bond acceptors (Lipinski definition) is 1. The van der Waals surface area contributed by atoms with Crippen LogP contribution in [0.5, 0.6) is 0 Å². The molecule has 0 bridgehead atoms. The van der Waals surface area contributed by atoms with E-state index in [1.54, 1.807) is 6.07 Å². The average molecular weight is 361 g/mol. The van der Waals surface area contributed by atoms with Gasteiger partial charge < -0.3 is 9.67 Å². The van der Waals surface area contributed by atoms with Crippen LogP contribution in [-0.4, -0.2) is 15.6 Å². The van der Waals surface area contributed by atoms with Gasteiger partial charge in [-0.05, 0) is 53.3 Å². The van der Waals surface area contributed by atoms with E-state index in [4.69, 9.17) is 5.11 Å². The predicted octanol–water partition coefficient (Wildman–Crippen LogP) is 4.01. The molecule has 0 saturated heterocycles. The van der Waals surface area contributed by atoms with Gasteiger partial charge in [0.2, 0.25) is 0 Å². The molecule has 100 valence electrons. The molecule has 0 aliphatic heterocycles. The Balaban J connectivity index is 2.00. The molecule has 0 radical (unpaired) electrons. The molecular weight excluding hydrogens is 341 g/mol. The standard InChI is InChI=1S/C14H20INO2/c1-2-10-3-5-11(6-4-10)8-16-9-12(15)7-13(16)14(17)18/h7,9-11H,2-6,8H2,1H3,(H,17,18). The minimum atomic E-state index is -0.819. The molecule has 1 aliphatic carbocycles. The van der Waals surface area contributed by atoms with Crippen LogP contribution < -0.4 is 0 Å². The maximum Gasteiger partial charge on any atom is 0.352 e. The van der Waals surface area contributed by atoms with Crippen molar-refractivity contribution in [2.45, 2.75) is 45.6 Å². The van der Waals surface area contributed by atoms with Crippen LogP contribution in [0.15, 0.2) is 12.3 Å². The van der Waals surface area contributed by atoms with Gasteiger partial charge in [0.25, 0.3) is 0 Å². The molecule has 1 aromatic rings. The molecule has 1 aliphatic rings. The second-order valence-electron chi connectivity index (χ2n) is 5.30. The van der Waals surface area contributed by atoms with Crippen LogP contribution >= 0.6 is 22.6 Å². The summed E-state index contributed by atoms with van der Waals surface area (Å²) in [6.07, 6.45) is 8.34. The Morgan fingerprint density at radius 1 is 1.39 bits per heavy atom. The molecule has 1 N–H and O–H groups in total. The number of aromatic carboxylic acids is 1. The van der Waals surface area contributed by atoms with Crippen LogP contribution in [0.4, 0.5) is 0 Å². The summed E-state index contributed by atoms with van der Waals surface area (Å²) in [5, 5.41) is 9.16. The van der Waals surface area contributed by atoms with E-state index in [1.165, 1.54) is 32.1 Å². The molecule has 0 spiro atoms. The third-order valence-electron chi connectivity index (χ3n) is 4.08. The summed E-state index contributed by atoms with van der Waals surface area (Å²) in [6.45, 7) is 3.13. The number of carboxylic acid groups (broad SMARTS) is 1.